The lowest BCUT2D eigenvalue weighted by Crippen LogP contribution is -2.18. The number of carbonyl (C=O) groups is 1. The molecule has 0 aliphatic rings. The average Bonchev–Trinajstić information content (AvgIpc) is 3.03. The Labute approximate surface area is 255 Å². The number of benzene rings is 4. The Balaban J connectivity index is 1.53. The van der Waals surface area contributed by atoms with Gasteiger partial charge in [-0.3, -0.25) is 9.52 Å². The number of aromatic nitrogens is 2. The fourth-order valence-corrected chi connectivity index (χ4v) is 5.79. The maximum atomic E-state index is 13.8. The van der Waals surface area contributed by atoms with Crippen LogP contribution in [-0.4, -0.2) is 45.6 Å². The quantitative estimate of drug-likeness (QED) is 0.172. The van der Waals surface area contributed by atoms with E-state index in [0.717, 1.165) is 5.56 Å². The van der Waals surface area contributed by atoms with Crippen LogP contribution in [0.2, 0.25) is 0 Å². The van der Waals surface area contributed by atoms with Crippen molar-refractivity contribution >= 4 is 44.3 Å². The molecular formula is C32H31N5O6S. The number of para-hydroxylation sites is 2. The molecule has 44 heavy (non-hydrogen) atoms. The van der Waals surface area contributed by atoms with Crippen molar-refractivity contribution < 1.29 is 27.4 Å². The zero-order chi connectivity index (χ0) is 31.3. The first-order valence-electron chi connectivity index (χ1n) is 13.5. The predicted molar refractivity (Wildman–Crippen MR) is 168 cm³/mol. The summed E-state index contributed by atoms with van der Waals surface area (Å²) >= 11 is 0. The number of nitrogens with zero attached hydrogens (tertiary/aromatic N) is 2. The normalized spacial score (nSPS) is 11.9. The van der Waals surface area contributed by atoms with E-state index in [1.807, 2.05) is 18.2 Å². The smallest absolute Gasteiger partial charge is 0.263 e. The summed E-state index contributed by atoms with van der Waals surface area (Å²) in [5.74, 6) is 0.871. The Morgan fingerprint density at radius 3 is 1.95 bits per heavy atom. The summed E-state index contributed by atoms with van der Waals surface area (Å²) in [7, 11) is 0.448. The molecule has 5 rings (SSSR count). The zero-order valence-electron chi connectivity index (χ0n) is 24.3. The fraction of sp³-hybridized carbons (Fsp3) is 0.156. The fourth-order valence-electron chi connectivity index (χ4n) is 4.72. The van der Waals surface area contributed by atoms with Gasteiger partial charge in [0.2, 0.25) is 5.91 Å². The molecule has 1 amide bonds. The largest absolute Gasteiger partial charge is 0.497 e. The molecule has 0 aliphatic carbocycles. The summed E-state index contributed by atoms with van der Waals surface area (Å²) in [4.78, 5) is 21.2. The third-order valence-electron chi connectivity index (χ3n) is 6.91. The van der Waals surface area contributed by atoms with Crippen molar-refractivity contribution in [3.8, 4) is 17.2 Å². The number of sulfonamides is 1. The highest BCUT2D eigenvalue weighted by Gasteiger charge is 2.23. The number of nitrogens with one attached hydrogen (secondary N) is 2. The highest BCUT2D eigenvalue weighted by molar-refractivity contribution is 7.92. The van der Waals surface area contributed by atoms with Gasteiger partial charge >= 0.3 is 0 Å². The molecule has 4 aromatic carbocycles. The van der Waals surface area contributed by atoms with Crippen molar-refractivity contribution in [1.29, 1.82) is 0 Å². The first kappa shape index (κ1) is 30.1. The number of methoxy groups -OCH3 is 3. The lowest BCUT2D eigenvalue weighted by Gasteiger charge is -2.18. The van der Waals surface area contributed by atoms with E-state index in [2.05, 4.69) is 20.0 Å². The number of rotatable bonds is 12. The van der Waals surface area contributed by atoms with Crippen molar-refractivity contribution in [3.63, 3.8) is 0 Å². The van der Waals surface area contributed by atoms with Crippen LogP contribution in [0.1, 0.15) is 23.5 Å². The molecule has 5 aromatic rings. The molecule has 1 unspecified atom stereocenters. The minimum atomic E-state index is -4.18. The molecule has 0 saturated carbocycles. The van der Waals surface area contributed by atoms with Gasteiger partial charge in [0.1, 0.15) is 17.2 Å². The number of ether oxygens (including phenoxy) is 3. The maximum absolute atomic E-state index is 13.8. The Morgan fingerprint density at radius 1 is 0.750 bits per heavy atom. The summed E-state index contributed by atoms with van der Waals surface area (Å²) in [5.41, 5.74) is 8.56. The minimum Gasteiger partial charge on any atom is -0.497 e. The second-order valence-corrected chi connectivity index (χ2v) is 11.5. The average molecular weight is 614 g/mol. The molecule has 0 fully saturated rings. The van der Waals surface area contributed by atoms with Crippen LogP contribution < -0.4 is 30.0 Å². The number of hydrogen-bond donors (Lipinski definition) is 3. The number of primary amides is 1. The van der Waals surface area contributed by atoms with Gasteiger partial charge in [-0.2, -0.15) is 0 Å². The number of nitrogens with two attached hydrogens (primary N) is 1. The first-order valence-corrected chi connectivity index (χ1v) is 15.0. The van der Waals surface area contributed by atoms with Gasteiger partial charge in [-0.15, -0.1) is 0 Å². The molecular weight excluding hydrogens is 582 g/mol. The van der Waals surface area contributed by atoms with Gasteiger partial charge in [-0.05, 0) is 47.5 Å². The van der Waals surface area contributed by atoms with Gasteiger partial charge < -0.3 is 25.3 Å². The van der Waals surface area contributed by atoms with Gasteiger partial charge in [0, 0.05) is 36.2 Å². The molecule has 0 saturated heterocycles. The van der Waals surface area contributed by atoms with Crippen molar-refractivity contribution in [1.82, 2.24) is 9.97 Å². The molecule has 1 aromatic heterocycles. The standard InChI is InChI=1S/C32H31N5O6S/c1-41-23-13-11-20(12-14-23)27(19-30(33)38)21-7-6-8-26(15-21)44(39,40)37-32-31(35-28-9-4-5-10-29(28)36-32)34-22-16-24(42-2)18-25(17-22)43-3/h4-18,27H,19H2,1-3H3,(H2,33,38)(H,34,35)(H,36,37). The van der Waals surface area contributed by atoms with E-state index in [0.29, 0.717) is 39.5 Å². The van der Waals surface area contributed by atoms with E-state index in [4.69, 9.17) is 19.9 Å². The summed E-state index contributed by atoms with van der Waals surface area (Å²) in [5, 5.41) is 3.15. The third-order valence-corrected chi connectivity index (χ3v) is 8.25. The highest BCUT2D eigenvalue weighted by Crippen LogP contribution is 2.33. The van der Waals surface area contributed by atoms with Crippen LogP contribution in [0.3, 0.4) is 0 Å². The molecule has 1 heterocycles. The van der Waals surface area contributed by atoms with Crippen molar-refractivity contribution in [2.45, 2.75) is 17.2 Å². The van der Waals surface area contributed by atoms with Crippen LogP contribution in [0.25, 0.3) is 11.0 Å². The topological polar surface area (TPSA) is 155 Å². The molecule has 11 nitrogen and oxygen atoms in total. The number of carbonyl (C=O) groups excluding carboxylic acids is 1. The summed E-state index contributed by atoms with van der Waals surface area (Å²) in [6.45, 7) is 0. The van der Waals surface area contributed by atoms with E-state index < -0.39 is 21.8 Å². The summed E-state index contributed by atoms with van der Waals surface area (Å²) < 4.78 is 46.2. The van der Waals surface area contributed by atoms with E-state index in [-0.39, 0.29) is 23.0 Å². The summed E-state index contributed by atoms with van der Waals surface area (Å²) in [6, 6.07) is 25.8. The molecule has 226 valence electrons. The molecule has 0 radical (unpaired) electrons. The van der Waals surface area contributed by atoms with Crippen LogP contribution in [0.15, 0.2) is 95.9 Å². The Hall–Kier alpha value is -5.36. The van der Waals surface area contributed by atoms with Crippen LogP contribution >= 0.6 is 0 Å². The van der Waals surface area contributed by atoms with E-state index in [1.54, 1.807) is 67.8 Å². The monoisotopic (exact) mass is 613 g/mol. The number of amides is 1. The molecule has 0 bridgehead atoms. The van der Waals surface area contributed by atoms with Gasteiger partial charge in [0.15, 0.2) is 11.6 Å². The third kappa shape index (κ3) is 6.81. The van der Waals surface area contributed by atoms with Gasteiger partial charge in [-0.25, -0.2) is 18.4 Å². The van der Waals surface area contributed by atoms with Gasteiger partial charge in [0.05, 0.1) is 37.3 Å². The molecule has 1 atom stereocenters. The van der Waals surface area contributed by atoms with Crippen LogP contribution in [0.5, 0.6) is 17.2 Å². The summed E-state index contributed by atoms with van der Waals surface area (Å²) in [6.07, 6.45) is -0.0164. The Bertz CT molecular complexity index is 1890. The van der Waals surface area contributed by atoms with Gasteiger partial charge in [-0.1, -0.05) is 36.4 Å². The van der Waals surface area contributed by atoms with Gasteiger partial charge in [0.25, 0.3) is 10.0 Å². The highest BCUT2D eigenvalue weighted by atomic mass is 32.2. The van der Waals surface area contributed by atoms with E-state index >= 15 is 0 Å². The Kier molecular flexibility index (Phi) is 8.81. The molecule has 12 heteroatoms. The number of anilines is 3. The van der Waals surface area contributed by atoms with Crippen molar-refractivity contribution in [3.05, 3.63) is 102 Å². The SMILES string of the molecule is COc1ccc(C(CC(N)=O)c2cccc(S(=O)(=O)Nc3nc4ccccc4nc3Nc3cc(OC)cc(OC)c3)c2)cc1. The zero-order valence-corrected chi connectivity index (χ0v) is 25.1. The van der Waals surface area contributed by atoms with E-state index in [1.165, 1.54) is 26.4 Å². The first-order chi connectivity index (χ1) is 21.2. The number of hydrogen-bond acceptors (Lipinski definition) is 9. The van der Waals surface area contributed by atoms with Crippen LogP contribution in [-0.2, 0) is 14.8 Å². The predicted octanol–water partition coefficient (Wildman–Crippen LogP) is 5.21. The van der Waals surface area contributed by atoms with Crippen molar-refractivity contribution in [2.24, 2.45) is 5.73 Å². The second kappa shape index (κ2) is 12.9. The lowest BCUT2D eigenvalue weighted by molar-refractivity contribution is -0.118. The molecule has 0 spiro atoms. The number of fused-ring (bicyclic) bond motifs is 1. The second-order valence-electron chi connectivity index (χ2n) is 9.81. The molecule has 4 N–H and O–H groups in total. The lowest BCUT2D eigenvalue weighted by atomic mass is 9.88. The van der Waals surface area contributed by atoms with Crippen molar-refractivity contribution in [2.75, 3.05) is 31.4 Å². The van der Waals surface area contributed by atoms with Crippen LogP contribution in [0.4, 0.5) is 17.3 Å². The van der Waals surface area contributed by atoms with E-state index in [9.17, 15) is 13.2 Å². The Morgan fingerprint density at radius 2 is 1.36 bits per heavy atom. The minimum absolute atomic E-state index is 0.0141. The maximum Gasteiger partial charge on any atom is 0.263 e. The molecule has 0 aliphatic heterocycles. The van der Waals surface area contributed by atoms with Crippen LogP contribution in [0, 0.1) is 0 Å².